The van der Waals surface area contributed by atoms with E-state index < -0.39 is 0 Å². The van der Waals surface area contributed by atoms with E-state index in [0.29, 0.717) is 6.61 Å². The molecule has 2 heteroatoms. The Morgan fingerprint density at radius 1 is 2.00 bits per heavy atom. The van der Waals surface area contributed by atoms with Crippen molar-refractivity contribution in [1.82, 2.24) is 0 Å². The van der Waals surface area contributed by atoms with Crippen molar-refractivity contribution >= 4 is 6.21 Å². The zero-order valence-electron chi connectivity index (χ0n) is 4.22. The lowest BCUT2D eigenvalue weighted by atomic mass is 10.7. The molecule has 0 bridgehead atoms. The van der Waals surface area contributed by atoms with Crippen LogP contribution in [0.15, 0.2) is 17.4 Å². The summed E-state index contributed by atoms with van der Waals surface area (Å²) in [5.41, 5.74) is 0. The molecule has 0 amide bonds. The largest absolute Gasteiger partial charge is 0.494 e. The predicted octanol–water partition coefficient (Wildman–Crippen LogP) is 0.559. The van der Waals surface area contributed by atoms with Gasteiger partial charge in [-0.3, -0.25) is 4.99 Å². The Kier molecular flexibility index (Phi) is 0.638. The highest BCUT2D eigenvalue weighted by Crippen LogP contribution is 1.82. The molecule has 0 atom stereocenters. The monoisotopic (exact) mass is 84.0 g/mol. The number of rotatable bonds is 0. The Morgan fingerprint density at radius 3 is 3.33 bits per heavy atom. The van der Waals surface area contributed by atoms with Crippen LogP contribution in [0, 0.1) is 0 Å². The molecule has 6 heavy (non-hydrogen) atoms. The average Bonchev–Trinajstić information content (AvgIpc) is 1.69. The van der Waals surface area contributed by atoms with E-state index in [1.165, 1.54) is 6.20 Å². The summed E-state index contributed by atoms with van der Waals surface area (Å²) in [7, 11) is 0. The van der Waals surface area contributed by atoms with Crippen LogP contribution in [0.5, 0.6) is 0 Å². The number of ether oxygens (including phenoxy) is 1. The number of aliphatic imine (C=N–C) groups is 1. The van der Waals surface area contributed by atoms with Gasteiger partial charge in [-0.2, -0.15) is 0 Å². The smallest absolute Gasteiger partial charge is 0.123 e. The fourth-order valence-corrected chi connectivity index (χ4v) is 0.249. The van der Waals surface area contributed by atoms with Gasteiger partial charge >= 0.3 is 0 Å². The zero-order chi connectivity index (χ0) is 5.11. The topological polar surface area (TPSA) is 21.6 Å². The van der Waals surface area contributed by atoms with Crippen LogP contribution in [0.1, 0.15) is 1.37 Å². The minimum atomic E-state index is 0.141. The maximum atomic E-state index is 6.80. The summed E-state index contributed by atoms with van der Waals surface area (Å²) in [5.74, 6) is 0. The first-order valence-corrected chi connectivity index (χ1v) is 1.71. The van der Waals surface area contributed by atoms with Gasteiger partial charge in [0.05, 0.1) is 6.20 Å². The molecule has 1 aliphatic heterocycles. The second-order valence-electron chi connectivity index (χ2n) is 0.890. The Balaban J connectivity index is 2.57. The van der Waals surface area contributed by atoms with Crippen LogP contribution in [-0.2, 0) is 4.74 Å². The van der Waals surface area contributed by atoms with Crippen LogP contribution in [0.25, 0.3) is 0 Å². The zero-order valence-corrected chi connectivity index (χ0v) is 3.22. The van der Waals surface area contributed by atoms with Crippen LogP contribution in [0.3, 0.4) is 0 Å². The van der Waals surface area contributed by atoms with Gasteiger partial charge in [-0.15, -0.1) is 0 Å². The maximum absolute atomic E-state index is 6.80. The van der Waals surface area contributed by atoms with E-state index in [2.05, 4.69) is 9.73 Å². The number of hydrogen-bond acceptors (Lipinski definition) is 2. The van der Waals surface area contributed by atoms with Crippen LogP contribution in [-0.4, -0.2) is 12.8 Å². The first kappa shape index (κ1) is 2.39. The Labute approximate surface area is 37.6 Å². The van der Waals surface area contributed by atoms with Gasteiger partial charge in [0.2, 0.25) is 0 Å². The second kappa shape index (κ2) is 1.60. The van der Waals surface area contributed by atoms with Gasteiger partial charge in [0.25, 0.3) is 0 Å². The van der Waals surface area contributed by atoms with Crippen LogP contribution < -0.4 is 0 Å². The normalized spacial score (nSPS) is 21.3. The van der Waals surface area contributed by atoms with Gasteiger partial charge in [0.1, 0.15) is 14.2 Å². The standard InChI is InChI=1S/C4H5NO/c1-3-6-4-2-5-1/h1-3H,4H2/i3D. The summed E-state index contributed by atoms with van der Waals surface area (Å²) >= 11 is 0. The minimum absolute atomic E-state index is 0.141. The van der Waals surface area contributed by atoms with Gasteiger partial charge in [-0.05, 0) is 0 Å². The molecular formula is C4H5NO. The second-order valence-corrected chi connectivity index (χ2v) is 0.890. The molecule has 0 fully saturated rings. The molecule has 0 aromatic heterocycles. The summed E-state index contributed by atoms with van der Waals surface area (Å²) in [4.78, 5) is 3.66. The van der Waals surface area contributed by atoms with Crippen molar-refractivity contribution in [2.45, 2.75) is 0 Å². The first-order chi connectivity index (χ1) is 3.39. The van der Waals surface area contributed by atoms with E-state index in [4.69, 9.17) is 1.37 Å². The summed E-state index contributed by atoms with van der Waals surface area (Å²) in [5, 5.41) is 0. The molecule has 0 unspecified atom stereocenters. The molecular weight excluding hydrogens is 78.0 g/mol. The van der Waals surface area contributed by atoms with Crippen molar-refractivity contribution in [2.24, 2.45) is 4.99 Å². The van der Waals surface area contributed by atoms with E-state index in [0.717, 1.165) is 0 Å². The third-order valence-corrected chi connectivity index (χ3v) is 0.474. The highest BCUT2D eigenvalue weighted by molar-refractivity contribution is 5.60. The van der Waals surface area contributed by atoms with Gasteiger partial charge in [0.15, 0.2) is 0 Å². The van der Waals surface area contributed by atoms with Crippen molar-refractivity contribution < 1.29 is 6.11 Å². The Bertz CT molecular complexity index is 119. The minimum Gasteiger partial charge on any atom is -0.494 e. The fraction of sp³-hybridized carbons (Fsp3) is 0.250. The maximum Gasteiger partial charge on any atom is 0.123 e. The molecule has 0 N–H and O–H groups in total. The quantitative estimate of drug-likeness (QED) is 0.420. The summed E-state index contributed by atoms with van der Waals surface area (Å²) in [6.07, 6.45) is 3.11. The summed E-state index contributed by atoms with van der Waals surface area (Å²) < 4.78 is 11.5. The van der Waals surface area contributed by atoms with Crippen LogP contribution in [0.2, 0.25) is 0 Å². The number of nitrogens with zero attached hydrogens (tertiary/aromatic N) is 1. The van der Waals surface area contributed by atoms with Gasteiger partial charge < -0.3 is 4.74 Å². The van der Waals surface area contributed by atoms with E-state index in [1.54, 1.807) is 6.21 Å². The SMILES string of the molecule is [2H]C1=CN=CCO1. The van der Waals surface area contributed by atoms with E-state index in [1.807, 2.05) is 0 Å². The molecule has 1 heterocycles. The molecule has 0 radical (unpaired) electrons. The molecule has 0 saturated carbocycles. The van der Waals surface area contributed by atoms with E-state index in [9.17, 15) is 0 Å². The van der Waals surface area contributed by atoms with Crippen molar-refractivity contribution in [2.75, 3.05) is 6.61 Å². The lowest BCUT2D eigenvalue weighted by Crippen LogP contribution is -1.90. The van der Waals surface area contributed by atoms with Crippen molar-refractivity contribution in [3.63, 3.8) is 0 Å². The van der Waals surface area contributed by atoms with Crippen LogP contribution in [0.4, 0.5) is 0 Å². The Morgan fingerprint density at radius 2 is 3.00 bits per heavy atom. The Hall–Kier alpha value is -0.790. The molecule has 0 aromatic rings. The first-order valence-electron chi connectivity index (χ1n) is 2.21. The third kappa shape index (κ3) is 0.578. The number of hydrogen-bond donors (Lipinski definition) is 0. The highest BCUT2D eigenvalue weighted by Gasteiger charge is 1.76. The van der Waals surface area contributed by atoms with Gasteiger partial charge in [0, 0.05) is 6.21 Å². The van der Waals surface area contributed by atoms with Gasteiger partial charge in [-0.25, -0.2) is 0 Å². The van der Waals surface area contributed by atoms with Crippen molar-refractivity contribution in [3.8, 4) is 0 Å². The molecule has 1 aliphatic rings. The molecule has 0 saturated heterocycles. The van der Waals surface area contributed by atoms with E-state index >= 15 is 0 Å². The molecule has 0 aliphatic carbocycles. The lowest BCUT2D eigenvalue weighted by Gasteiger charge is -1.94. The summed E-state index contributed by atoms with van der Waals surface area (Å²) in [6.45, 7) is 0.440. The predicted molar refractivity (Wildman–Crippen MR) is 23.6 cm³/mol. The van der Waals surface area contributed by atoms with Crippen molar-refractivity contribution in [3.05, 3.63) is 12.4 Å². The van der Waals surface area contributed by atoms with Crippen LogP contribution >= 0.6 is 0 Å². The van der Waals surface area contributed by atoms with Crippen molar-refractivity contribution in [1.29, 1.82) is 0 Å². The molecule has 32 valence electrons. The van der Waals surface area contributed by atoms with E-state index in [-0.39, 0.29) is 6.24 Å². The fourth-order valence-electron chi connectivity index (χ4n) is 0.249. The molecule has 1 rings (SSSR count). The molecule has 2 nitrogen and oxygen atoms in total. The summed E-state index contributed by atoms with van der Waals surface area (Å²) in [6, 6.07) is 0. The molecule has 0 aromatic carbocycles. The third-order valence-electron chi connectivity index (χ3n) is 0.474. The van der Waals surface area contributed by atoms with Gasteiger partial charge in [-0.1, -0.05) is 0 Å². The average molecular weight is 84.1 g/mol. The highest BCUT2D eigenvalue weighted by atomic mass is 16.5. The lowest BCUT2D eigenvalue weighted by molar-refractivity contribution is 0.300. The molecule has 0 spiro atoms.